The fourth-order valence-corrected chi connectivity index (χ4v) is 3.14. The Bertz CT molecular complexity index is 1030. The van der Waals surface area contributed by atoms with Crippen molar-refractivity contribution >= 4 is 29.3 Å². The summed E-state index contributed by atoms with van der Waals surface area (Å²) in [6.45, 7) is 5.52. The maximum Gasteiger partial charge on any atom is 0.340 e. The average molecular weight is 392 g/mol. The van der Waals surface area contributed by atoms with Crippen LogP contribution in [0.1, 0.15) is 25.0 Å². The number of carbonyl (C=O) groups is 2. The van der Waals surface area contributed by atoms with E-state index in [1.807, 2.05) is 31.2 Å². The fourth-order valence-electron chi connectivity index (χ4n) is 3.14. The molecular formula is C22H20N2O5. The predicted molar refractivity (Wildman–Crippen MR) is 109 cm³/mol. The van der Waals surface area contributed by atoms with Gasteiger partial charge in [-0.2, -0.15) is 0 Å². The monoisotopic (exact) mass is 392 g/mol. The van der Waals surface area contributed by atoms with Crippen LogP contribution in [0.5, 0.6) is 0 Å². The van der Waals surface area contributed by atoms with Crippen LogP contribution in [0.15, 0.2) is 65.4 Å². The second-order valence-electron chi connectivity index (χ2n) is 6.56. The molecule has 0 spiro atoms. The van der Waals surface area contributed by atoms with Gasteiger partial charge in [-0.05, 0) is 56.7 Å². The van der Waals surface area contributed by atoms with Crippen LogP contribution in [0.2, 0.25) is 0 Å². The van der Waals surface area contributed by atoms with Gasteiger partial charge in [-0.25, -0.2) is 4.79 Å². The van der Waals surface area contributed by atoms with Crippen LogP contribution in [0.4, 0.5) is 11.4 Å². The lowest BCUT2D eigenvalue weighted by Gasteiger charge is -2.18. The molecule has 0 unspecified atom stereocenters. The lowest BCUT2D eigenvalue weighted by Crippen LogP contribution is -2.24. The maximum atomic E-state index is 13.2. The third kappa shape index (κ3) is 3.94. The number of nitro benzene ring substituents is 1. The van der Waals surface area contributed by atoms with Crippen molar-refractivity contribution in [2.45, 2.75) is 20.8 Å². The molecule has 1 amide bonds. The number of hydrogen-bond donors (Lipinski definition) is 0. The Morgan fingerprint density at radius 1 is 1.10 bits per heavy atom. The quantitative estimate of drug-likeness (QED) is 0.330. The number of anilines is 1. The number of allylic oxidation sites excluding steroid dienone is 1. The van der Waals surface area contributed by atoms with E-state index in [1.54, 1.807) is 19.9 Å². The highest BCUT2D eigenvalue weighted by molar-refractivity contribution is 6.23. The van der Waals surface area contributed by atoms with Gasteiger partial charge in [0.25, 0.3) is 11.6 Å². The number of amides is 1. The molecule has 2 aromatic rings. The molecule has 0 N–H and O–H groups in total. The predicted octanol–water partition coefficient (Wildman–Crippen LogP) is 4.17. The Kier molecular flexibility index (Phi) is 5.59. The number of non-ortho nitro benzene ring substituents is 1. The Morgan fingerprint density at radius 2 is 1.72 bits per heavy atom. The molecule has 1 aliphatic rings. The van der Waals surface area contributed by atoms with E-state index in [1.165, 1.54) is 29.2 Å². The van der Waals surface area contributed by atoms with Crippen molar-refractivity contribution in [1.82, 2.24) is 0 Å². The minimum Gasteiger partial charge on any atom is -0.462 e. The molecule has 0 saturated heterocycles. The summed E-state index contributed by atoms with van der Waals surface area (Å²) in [7, 11) is 0. The van der Waals surface area contributed by atoms with Crippen LogP contribution < -0.4 is 4.90 Å². The van der Waals surface area contributed by atoms with Crippen LogP contribution in [-0.2, 0) is 14.3 Å². The molecule has 0 atom stereocenters. The minimum absolute atomic E-state index is 0.0523. The third-order valence-electron chi connectivity index (χ3n) is 4.59. The van der Waals surface area contributed by atoms with E-state index in [9.17, 15) is 19.7 Å². The van der Waals surface area contributed by atoms with Gasteiger partial charge < -0.3 is 4.74 Å². The van der Waals surface area contributed by atoms with Gasteiger partial charge in [0.05, 0.1) is 22.7 Å². The molecular weight excluding hydrogens is 372 g/mol. The van der Waals surface area contributed by atoms with Gasteiger partial charge in [-0.15, -0.1) is 0 Å². The van der Waals surface area contributed by atoms with E-state index in [0.29, 0.717) is 16.9 Å². The zero-order valence-electron chi connectivity index (χ0n) is 16.3. The zero-order chi connectivity index (χ0) is 21.1. The average Bonchev–Trinajstić information content (AvgIpc) is 2.93. The van der Waals surface area contributed by atoms with Gasteiger partial charge in [0.2, 0.25) is 0 Å². The summed E-state index contributed by atoms with van der Waals surface area (Å²) >= 11 is 0. The van der Waals surface area contributed by atoms with Crippen molar-refractivity contribution in [2.75, 3.05) is 11.5 Å². The largest absolute Gasteiger partial charge is 0.462 e. The first-order valence-corrected chi connectivity index (χ1v) is 9.09. The zero-order valence-corrected chi connectivity index (χ0v) is 16.3. The summed E-state index contributed by atoms with van der Waals surface area (Å²) in [5, 5.41) is 10.8. The molecule has 7 nitrogen and oxygen atoms in total. The van der Waals surface area contributed by atoms with Gasteiger partial charge in [-0.3, -0.25) is 19.8 Å². The second kappa shape index (κ2) is 8.10. The SMILES string of the molecule is CCOC(=O)C1=C(C)N(c2ccc(C)cc2)C(=O)/C1=C\c1ccc([N+](=O)[O-])cc1. The normalized spacial score (nSPS) is 15.2. The summed E-state index contributed by atoms with van der Waals surface area (Å²) in [5.74, 6) is -0.936. The molecule has 1 heterocycles. The third-order valence-corrected chi connectivity index (χ3v) is 4.59. The van der Waals surface area contributed by atoms with Crippen LogP contribution in [0.3, 0.4) is 0 Å². The number of rotatable bonds is 5. The molecule has 2 aromatic carbocycles. The Balaban J connectivity index is 2.08. The molecule has 0 saturated carbocycles. The van der Waals surface area contributed by atoms with Crippen LogP contribution in [0, 0.1) is 17.0 Å². The number of aryl methyl sites for hydroxylation is 1. The summed E-state index contributed by atoms with van der Waals surface area (Å²) in [4.78, 5) is 37.6. The van der Waals surface area contributed by atoms with Crippen LogP contribution >= 0.6 is 0 Å². The molecule has 0 bridgehead atoms. The van der Waals surface area contributed by atoms with E-state index in [2.05, 4.69) is 0 Å². The second-order valence-corrected chi connectivity index (χ2v) is 6.56. The van der Waals surface area contributed by atoms with E-state index in [4.69, 9.17) is 4.74 Å². The number of esters is 1. The first-order chi connectivity index (χ1) is 13.8. The van der Waals surface area contributed by atoms with Crippen LogP contribution in [-0.4, -0.2) is 23.4 Å². The summed E-state index contributed by atoms with van der Waals surface area (Å²) in [6.07, 6.45) is 1.55. The highest BCUT2D eigenvalue weighted by atomic mass is 16.6. The Hall–Kier alpha value is -3.74. The number of hydrogen-bond acceptors (Lipinski definition) is 5. The number of nitro groups is 1. The summed E-state index contributed by atoms with van der Waals surface area (Å²) in [6, 6.07) is 13.2. The molecule has 7 heteroatoms. The van der Waals surface area contributed by atoms with E-state index in [0.717, 1.165) is 5.56 Å². The Morgan fingerprint density at radius 3 is 2.28 bits per heavy atom. The van der Waals surface area contributed by atoms with Gasteiger partial charge in [0.15, 0.2) is 0 Å². The van der Waals surface area contributed by atoms with Crippen molar-refractivity contribution in [3.63, 3.8) is 0 Å². The first-order valence-electron chi connectivity index (χ1n) is 9.09. The number of nitrogens with zero attached hydrogens (tertiary/aromatic N) is 2. The van der Waals surface area contributed by atoms with Crippen molar-refractivity contribution in [3.8, 4) is 0 Å². The molecule has 29 heavy (non-hydrogen) atoms. The molecule has 0 aromatic heterocycles. The fraction of sp³-hybridized carbons (Fsp3) is 0.182. The number of carbonyl (C=O) groups excluding carboxylic acids is 2. The molecule has 3 rings (SSSR count). The van der Waals surface area contributed by atoms with Gasteiger partial charge >= 0.3 is 5.97 Å². The van der Waals surface area contributed by atoms with Crippen molar-refractivity contribution in [3.05, 3.63) is 86.6 Å². The number of ether oxygens (including phenoxy) is 1. The molecule has 1 aliphatic heterocycles. The van der Waals surface area contributed by atoms with Crippen molar-refractivity contribution < 1.29 is 19.2 Å². The molecule has 0 aliphatic carbocycles. The van der Waals surface area contributed by atoms with E-state index < -0.39 is 10.9 Å². The van der Waals surface area contributed by atoms with Gasteiger partial charge in [0, 0.05) is 23.5 Å². The molecule has 148 valence electrons. The van der Waals surface area contributed by atoms with E-state index >= 15 is 0 Å². The van der Waals surface area contributed by atoms with Crippen LogP contribution in [0.25, 0.3) is 6.08 Å². The standard InChI is InChI=1S/C22H20N2O5/c1-4-29-22(26)20-15(3)23(17-9-5-14(2)6-10-17)21(25)19(20)13-16-7-11-18(12-8-16)24(27)28/h5-13H,4H2,1-3H3/b19-13-. The van der Waals surface area contributed by atoms with Gasteiger partial charge in [-0.1, -0.05) is 17.7 Å². The topological polar surface area (TPSA) is 89.8 Å². The highest BCUT2D eigenvalue weighted by Gasteiger charge is 2.38. The number of benzene rings is 2. The lowest BCUT2D eigenvalue weighted by molar-refractivity contribution is -0.384. The first kappa shape index (κ1) is 20.0. The Labute approximate surface area is 168 Å². The maximum absolute atomic E-state index is 13.2. The van der Waals surface area contributed by atoms with Gasteiger partial charge in [0.1, 0.15) is 0 Å². The summed E-state index contributed by atoms with van der Waals surface area (Å²) in [5.41, 5.74) is 3.07. The smallest absolute Gasteiger partial charge is 0.340 e. The lowest BCUT2D eigenvalue weighted by atomic mass is 10.0. The minimum atomic E-state index is -0.582. The molecule has 0 radical (unpaired) electrons. The summed E-state index contributed by atoms with van der Waals surface area (Å²) < 4.78 is 5.16. The molecule has 0 fully saturated rings. The van der Waals surface area contributed by atoms with Crippen molar-refractivity contribution in [1.29, 1.82) is 0 Å². The highest BCUT2D eigenvalue weighted by Crippen LogP contribution is 2.35. The van der Waals surface area contributed by atoms with E-state index in [-0.39, 0.29) is 29.3 Å². The van der Waals surface area contributed by atoms with Crippen molar-refractivity contribution in [2.24, 2.45) is 0 Å².